The topological polar surface area (TPSA) is 59.1 Å². The number of pyridine rings is 1. The van der Waals surface area contributed by atoms with Crippen molar-refractivity contribution in [1.82, 2.24) is 4.98 Å². The lowest BCUT2D eigenvalue weighted by atomic mass is 10.4. The fraction of sp³-hybridized carbons (Fsp3) is 0.286. The van der Waals surface area contributed by atoms with E-state index < -0.39 is 22.5 Å². The van der Waals surface area contributed by atoms with Gasteiger partial charge in [-0.2, -0.15) is 0 Å². The van der Waals surface area contributed by atoms with Crippen molar-refractivity contribution in [3.63, 3.8) is 0 Å². The van der Waals surface area contributed by atoms with Gasteiger partial charge < -0.3 is 0 Å². The average Bonchev–Trinajstić information content (AvgIpc) is 2.04. The Morgan fingerprint density at radius 2 is 2.00 bits per heavy atom. The molecule has 0 aliphatic heterocycles. The Balaban J connectivity index is 2.70. The Hall–Kier alpha value is -1.17. The zero-order valence-electron chi connectivity index (χ0n) is 6.77. The first-order valence-electron chi connectivity index (χ1n) is 3.60. The minimum atomic E-state index is -3.54. The first-order valence-corrected chi connectivity index (χ1v) is 5.26. The number of aromatic nitrogens is 1. The molecule has 1 aromatic rings. The summed E-state index contributed by atoms with van der Waals surface area (Å²) < 4.78 is 36.0. The second-order valence-corrected chi connectivity index (χ2v) is 4.19. The van der Waals surface area contributed by atoms with Crippen molar-refractivity contribution in [2.75, 3.05) is 17.1 Å². The number of hydrogen-bond donors (Lipinski definition) is 1. The molecule has 0 unspecified atom stereocenters. The summed E-state index contributed by atoms with van der Waals surface area (Å²) in [6.07, 6.45) is 2.90. The van der Waals surface area contributed by atoms with Crippen LogP contribution in [-0.4, -0.2) is 25.8 Å². The fourth-order valence-corrected chi connectivity index (χ4v) is 1.55. The lowest BCUT2D eigenvalue weighted by Crippen LogP contribution is -2.17. The van der Waals surface area contributed by atoms with E-state index in [4.69, 9.17) is 0 Å². The van der Waals surface area contributed by atoms with Crippen molar-refractivity contribution >= 4 is 15.7 Å². The van der Waals surface area contributed by atoms with Crippen LogP contribution in [0.4, 0.5) is 10.1 Å². The van der Waals surface area contributed by atoms with Gasteiger partial charge in [0, 0.05) is 12.4 Å². The van der Waals surface area contributed by atoms with Crippen LogP contribution in [0.2, 0.25) is 0 Å². The van der Waals surface area contributed by atoms with Gasteiger partial charge in [0.2, 0.25) is 10.0 Å². The number of alkyl halides is 1. The molecule has 1 N–H and O–H groups in total. The zero-order chi connectivity index (χ0) is 9.73. The van der Waals surface area contributed by atoms with Gasteiger partial charge in [-0.3, -0.25) is 9.71 Å². The highest BCUT2D eigenvalue weighted by molar-refractivity contribution is 7.92. The number of anilines is 1. The predicted octanol–water partition coefficient (Wildman–Crippen LogP) is 0.793. The van der Waals surface area contributed by atoms with Crippen LogP contribution < -0.4 is 4.72 Å². The van der Waals surface area contributed by atoms with Gasteiger partial charge in [0.1, 0.15) is 6.67 Å². The second-order valence-electron chi connectivity index (χ2n) is 2.35. The van der Waals surface area contributed by atoms with E-state index in [0.717, 1.165) is 0 Å². The number of nitrogens with one attached hydrogen (secondary N) is 1. The maximum atomic E-state index is 11.8. The maximum absolute atomic E-state index is 11.8. The molecule has 13 heavy (non-hydrogen) atoms. The van der Waals surface area contributed by atoms with Crippen molar-refractivity contribution in [2.24, 2.45) is 0 Å². The molecule has 1 aromatic heterocycles. The molecular formula is C7H9FN2O2S. The largest absolute Gasteiger partial charge is 0.283 e. The smallest absolute Gasteiger partial charge is 0.235 e. The quantitative estimate of drug-likeness (QED) is 0.788. The van der Waals surface area contributed by atoms with Crippen LogP contribution in [0.1, 0.15) is 0 Å². The summed E-state index contributed by atoms with van der Waals surface area (Å²) in [5.41, 5.74) is 0.392. The lowest BCUT2D eigenvalue weighted by Gasteiger charge is -2.04. The molecule has 0 fully saturated rings. The van der Waals surface area contributed by atoms with Gasteiger partial charge in [-0.15, -0.1) is 0 Å². The number of sulfonamides is 1. The molecule has 0 spiro atoms. The highest BCUT2D eigenvalue weighted by Crippen LogP contribution is 2.06. The molecule has 0 aromatic carbocycles. The standard InChI is InChI=1S/C7H9FN2O2S/c8-3-6-13(11,12)10-7-1-4-9-5-2-7/h1-2,4-5H,3,6H2,(H,9,10). The number of hydrogen-bond acceptors (Lipinski definition) is 3. The highest BCUT2D eigenvalue weighted by Gasteiger charge is 2.08. The van der Waals surface area contributed by atoms with Crippen molar-refractivity contribution in [1.29, 1.82) is 0 Å². The first kappa shape index (κ1) is 9.91. The highest BCUT2D eigenvalue weighted by atomic mass is 32.2. The minimum absolute atomic E-state index is 0.392. The number of nitrogens with zero attached hydrogens (tertiary/aromatic N) is 1. The molecule has 0 aliphatic rings. The maximum Gasteiger partial charge on any atom is 0.235 e. The van der Waals surface area contributed by atoms with Crippen molar-refractivity contribution in [3.05, 3.63) is 24.5 Å². The molecule has 4 nitrogen and oxygen atoms in total. The van der Waals surface area contributed by atoms with Crippen LogP contribution in [0.25, 0.3) is 0 Å². The van der Waals surface area contributed by atoms with Crippen molar-refractivity contribution in [2.45, 2.75) is 0 Å². The molecule has 0 atom stereocenters. The van der Waals surface area contributed by atoms with Crippen molar-refractivity contribution < 1.29 is 12.8 Å². The molecule has 0 bridgehead atoms. The van der Waals surface area contributed by atoms with Crippen LogP contribution in [0.5, 0.6) is 0 Å². The third-order valence-corrected chi connectivity index (χ3v) is 2.54. The van der Waals surface area contributed by atoms with E-state index in [2.05, 4.69) is 9.71 Å². The summed E-state index contributed by atoms with van der Waals surface area (Å²) in [5.74, 6) is -0.519. The number of rotatable bonds is 4. The van der Waals surface area contributed by atoms with Gasteiger partial charge in [-0.25, -0.2) is 12.8 Å². The summed E-state index contributed by atoms with van der Waals surface area (Å²) in [5, 5.41) is 0. The van der Waals surface area contributed by atoms with Gasteiger partial charge in [-0.05, 0) is 12.1 Å². The molecule has 0 aliphatic carbocycles. The molecule has 1 heterocycles. The molecule has 0 saturated heterocycles. The summed E-state index contributed by atoms with van der Waals surface area (Å²) >= 11 is 0. The van der Waals surface area contributed by atoms with Crippen LogP contribution in [-0.2, 0) is 10.0 Å². The van der Waals surface area contributed by atoms with Crippen LogP contribution >= 0.6 is 0 Å². The third-order valence-electron chi connectivity index (χ3n) is 1.30. The van der Waals surface area contributed by atoms with E-state index in [1.54, 1.807) is 0 Å². The molecule has 1 rings (SSSR count). The van der Waals surface area contributed by atoms with Gasteiger partial charge in [0.05, 0.1) is 11.4 Å². The van der Waals surface area contributed by atoms with Gasteiger partial charge in [0.25, 0.3) is 0 Å². The minimum Gasteiger partial charge on any atom is -0.283 e. The Labute approximate surface area is 75.9 Å². The van der Waals surface area contributed by atoms with E-state index >= 15 is 0 Å². The molecular weight excluding hydrogens is 195 g/mol. The van der Waals surface area contributed by atoms with Gasteiger partial charge in [0.15, 0.2) is 0 Å². The summed E-state index contributed by atoms with van der Waals surface area (Å²) in [6, 6.07) is 2.99. The Morgan fingerprint density at radius 3 is 2.54 bits per heavy atom. The predicted molar refractivity (Wildman–Crippen MR) is 47.6 cm³/mol. The van der Waals surface area contributed by atoms with Gasteiger partial charge in [-0.1, -0.05) is 0 Å². The monoisotopic (exact) mass is 204 g/mol. The normalized spacial score (nSPS) is 11.2. The van der Waals surface area contributed by atoms with E-state index in [1.165, 1.54) is 24.5 Å². The van der Waals surface area contributed by atoms with Crippen molar-refractivity contribution in [3.8, 4) is 0 Å². The lowest BCUT2D eigenvalue weighted by molar-refractivity contribution is 0.518. The number of halogens is 1. The molecule has 6 heteroatoms. The summed E-state index contributed by atoms with van der Waals surface area (Å²) in [6.45, 7) is -0.888. The van der Waals surface area contributed by atoms with E-state index in [-0.39, 0.29) is 0 Å². The second kappa shape index (κ2) is 4.18. The third kappa shape index (κ3) is 3.37. The molecule has 72 valence electrons. The SMILES string of the molecule is O=S(=O)(CCF)Nc1ccncc1. The van der Waals surface area contributed by atoms with Crippen LogP contribution in [0, 0.1) is 0 Å². The Morgan fingerprint density at radius 1 is 1.38 bits per heavy atom. The van der Waals surface area contributed by atoms with E-state index in [1.807, 2.05) is 0 Å². The first-order chi connectivity index (χ1) is 6.14. The fourth-order valence-electron chi connectivity index (χ4n) is 0.752. The average molecular weight is 204 g/mol. The Bertz CT molecular complexity index is 352. The molecule has 0 radical (unpaired) electrons. The zero-order valence-corrected chi connectivity index (χ0v) is 7.59. The molecule has 0 amide bonds. The van der Waals surface area contributed by atoms with Crippen LogP contribution in [0.15, 0.2) is 24.5 Å². The van der Waals surface area contributed by atoms with E-state index in [9.17, 15) is 12.8 Å². The summed E-state index contributed by atoms with van der Waals surface area (Å²) in [4.78, 5) is 3.71. The van der Waals surface area contributed by atoms with Gasteiger partial charge >= 0.3 is 0 Å². The Kier molecular flexibility index (Phi) is 3.18. The molecule has 0 saturated carbocycles. The summed E-state index contributed by atoms with van der Waals surface area (Å²) in [7, 11) is -3.54. The van der Waals surface area contributed by atoms with E-state index in [0.29, 0.717) is 5.69 Å². The van der Waals surface area contributed by atoms with Crippen LogP contribution in [0.3, 0.4) is 0 Å².